The van der Waals surface area contributed by atoms with Crippen LogP contribution in [0.2, 0.25) is 0 Å². The molecule has 0 aliphatic carbocycles. The number of nitrogens with zero attached hydrogens (tertiary/aromatic N) is 2. The molecule has 1 fully saturated rings. The maximum atomic E-state index is 10.6. The Kier molecular flexibility index (Phi) is 6.60. The molecule has 4 rings (SSSR count). The zero-order chi connectivity index (χ0) is 18.8. The van der Waals surface area contributed by atoms with Crippen molar-refractivity contribution in [1.29, 1.82) is 0 Å². The molecule has 0 bridgehead atoms. The fourth-order valence-electron chi connectivity index (χ4n) is 3.72. The third kappa shape index (κ3) is 4.32. The summed E-state index contributed by atoms with van der Waals surface area (Å²) < 4.78 is 13.8. The van der Waals surface area contributed by atoms with Gasteiger partial charge in [-0.15, -0.1) is 12.4 Å². The van der Waals surface area contributed by atoms with Crippen molar-refractivity contribution in [2.24, 2.45) is 0 Å². The largest absolute Gasteiger partial charge is 0.491 e. The minimum absolute atomic E-state index is 0. The number of aryl methyl sites for hydroxylation is 2. The van der Waals surface area contributed by atoms with E-state index in [0.717, 1.165) is 47.6 Å². The second-order valence-electron chi connectivity index (χ2n) is 7.30. The Morgan fingerprint density at radius 2 is 2.07 bits per heavy atom. The van der Waals surface area contributed by atoms with Crippen molar-refractivity contribution in [3.8, 4) is 5.75 Å². The molecule has 6 heteroatoms. The lowest BCUT2D eigenvalue weighted by molar-refractivity contribution is 0.0804. The van der Waals surface area contributed by atoms with Crippen LogP contribution in [0.5, 0.6) is 5.75 Å². The van der Waals surface area contributed by atoms with Gasteiger partial charge in [0.15, 0.2) is 0 Å². The van der Waals surface area contributed by atoms with E-state index in [0.29, 0.717) is 6.54 Å². The first-order valence-electron chi connectivity index (χ1n) is 9.56. The minimum Gasteiger partial charge on any atom is -0.491 e. The van der Waals surface area contributed by atoms with Gasteiger partial charge in [-0.05, 0) is 50.5 Å². The third-order valence-corrected chi connectivity index (χ3v) is 5.06. The lowest BCUT2D eigenvalue weighted by atomic mass is 10.1. The highest BCUT2D eigenvalue weighted by atomic mass is 35.5. The van der Waals surface area contributed by atoms with Crippen LogP contribution >= 0.6 is 12.4 Å². The molecule has 28 heavy (non-hydrogen) atoms. The molecule has 0 saturated carbocycles. The topological polar surface area (TPSA) is 56.5 Å². The SMILES string of the molecule is Cc1ccc(OCC(O)Cn2c(C3CCCO3)nc3ccccc32)c(C)c1.Cl. The highest BCUT2D eigenvalue weighted by Crippen LogP contribution is 2.30. The molecule has 2 atom stereocenters. The van der Waals surface area contributed by atoms with Crippen LogP contribution in [0.25, 0.3) is 11.0 Å². The van der Waals surface area contributed by atoms with Gasteiger partial charge in [-0.2, -0.15) is 0 Å². The van der Waals surface area contributed by atoms with E-state index in [9.17, 15) is 5.11 Å². The van der Waals surface area contributed by atoms with Gasteiger partial charge < -0.3 is 19.1 Å². The van der Waals surface area contributed by atoms with Crippen LogP contribution in [-0.4, -0.2) is 34.0 Å². The van der Waals surface area contributed by atoms with Crippen LogP contribution in [0.15, 0.2) is 42.5 Å². The number of aliphatic hydroxyl groups excluding tert-OH is 1. The fourth-order valence-corrected chi connectivity index (χ4v) is 3.72. The summed E-state index contributed by atoms with van der Waals surface area (Å²) in [4.78, 5) is 4.78. The van der Waals surface area contributed by atoms with Gasteiger partial charge in [0, 0.05) is 6.61 Å². The number of aliphatic hydroxyl groups is 1. The second kappa shape index (κ2) is 8.95. The lowest BCUT2D eigenvalue weighted by Crippen LogP contribution is -2.25. The number of imidazole rings is 1. The van der Waals surface area contributed by atoms with Gasteiger partial charge in [0.2, 0.25) is 0 Å². The quantitative estimate of drug-likeness (QED) is 0.665. The van der Waals surface area contributed by atoms with Gasteiger partial charge in [-0.25, -0.2) is 4.98 Å². The summed E-state index contributed by atoms with van der Waals surface area (Å²) in [6, 6.07) is 14.1. The molecular formula is C22H27ClN2O3. The normalized spacial score (nSPS) is 17.5. The Bertz CT molecular complexity index is 935. The Morgan fingerprint density at radius 1 is 1.25 bits per heavy atom. The number of halogens is 1. The number of fused-ring (bicyclic) bond motifs is 1. The van der Waals surface area contributed by atoms with E-state index in [1.165, 1.54) is 5.56 Å². The highest BCUT2D eigenvalue weighted by molar-refractivity contribution is 5.85. The molecule has 1 aromatic heterocycles. The van der Waals surface area contributed by atoms with Gasteiger partial charge >= 0.3 is 0 Å². The van der Waals surface area contributed by atoms with Crippen LogP contribution in [0.3, 0.4) is 0 Å². The van der Waals surface area contributed by atoms with Crippen LogP contribution in [-0.2, 0) is 11.3 Å². The minimum atomic E-state index is -0.636. The molecule has 3 aromatic rings. The highest BCUT2D eigenvalue weighted by Gasteiger charge is 2.25. The first-order chi connectivity index (χ1) is 13.1. The maximum absolute atomic E-state index is 10.6. The molecule has 1 aliphatic rings. The predicted molar refractivity (Wildman–Crippen MR) is 112 cm³/mol. The first kappa shape index (κ1) is 20.6. The second-order valence-corrected chi connectivity index (χ2v) is 7.30. The Balaban J connectivity index is 0.00000225. The maximum Gasteiger partial charge on any atom is 0.139 e. The summed E-state index contributed by atoms with van der Waals surface area (Å²) in [6.45, 7) is 5.52. The number of hydrogen-bond donors (Lipinski definition) is 1. The monoisotopic (exact) mass is 402 g/mol. The van der Waals surface area contributed by atoms with E-state index in [1.54, 1.807) is 0 Å². The number of para-hydroxylation sites is 2. The smallest absolute Gasteiger partial charge is 0.139 e. The van der Waals surface area contributed by atoms with Crippen LogP contribution in [0, 0.1) is 13.8 Å². The van der Waals surface area contributed by atoms with Crippen LogP contribution < -0.4 is 4.74 Å². The zero-order valence-electron chi connectivity index (χ0n) is 16.3. The van der Waals surface area contributed by atoms with Crippen molar-refractivity contribution in [3.05, 3.63) is 59.4 Å². The molecule has 1 N–H and O–H groups in total. The number of hydrogen-bond acceptors (Lipinski definition) is 4. The molecule has 0 radical (unpaired) electrons. The summed E-state index contributed by atoms with van der Waals surface area (Å²) in [5, 5.41) is 10.6. The number of aromatic nitrogens is 2. The van der Waals surface area contributed by atoms with Crippen molar-refractivity contribution >= 4 is 23.4 Å². The molecule has 1 saturated heterocycles. The molecule has 2 heterocycles. The first-order valence-corrected chi connectivity index (χ1v) is 9.56. The van der Waals surface area contributed by atoms with Crippen molar-refractivity contribution in [2.75, 3.05) is 13.2 Å². The molecule has 0 amide bonds. The van der Waals surface area contributed by atoms with Gasteiger partial charge in [-0.3, -0.25) is 0 Å². The number of benzene rings is 2. The van der Waals surface area contributed by atoms with E-state index in [4.69, 9.17) is 14.5 Å². The van der Waals surface area contributed by atoms with Crippen LogP contribution in [0.1, 0.15) is 35.9 Å². The summed E-state index contributed by atoms with van der Waals surface area (Å²) in [5.41, 5.74) is 4.24. The molecule has 5 nitrogen and oxygen atoms in total. The molecule has 2 aromatic carbocycles. The van der Waals surface area contributed by atoms with Gasteiger partial charge in [-0.1, -0.05) is 29.8 Å². The predicted octanol–water partition coefficient (Wildman–Crippen LogP) is 4.37. The summed E-state index contributed by atoms with van der Waals surface area (Å²) >= 11 is 0. The van der Waals surface area contributed by atoms with Crippen molar-refractivity contribution in [2.45, 2.75) is 45.4 Å². The standard InChI is InChI=1S/C22H26N2O3.ClH/c1-15-9-10-20(16(2)12-15)27-14-17(25)13-24-19-7-4-3-6-18(19)23-22(24)21-8-5-11-26-21;/h3-4,6-7,9-10,12,17,21,25H,5,8,11,13-14H2,1-2H3;1H. The molecular weight excluding hydrogens is 376 g/mol. The van der Waals surface area contributed by atoms with Crippen molar-refractivity contribution in [3.63, 3.8) is 0 Å². The Labute approximate surface area is 171 Å². The molecule has 1 aliphatic heterocycles. The average Bonchev–Trinajstić information content (AvgIpc) is 3.29. The third-order valence-electron chi connectivity index (χ3n) is 5.06. The summed E-state index contributed by atoms with van der Waals surface area (Å²) in [6.07, 6.45) is 1.39. The van der Waals surface area contributed by atoms with E-state index in [1.807, 2.05) is 43.3 Å². The van der Waals surface area contributed by atoms with Crippen LogP contribution in [0.4, 0.5) is 0 Å². The fraction of sp³-hybridized carbons (Fsp3) is 0.409. The number of rotatable bonds is 6. The molecule has 0 spiro atoms. The van der Waals surface area contributed by atoms with Crippen molar-refractivity contribution in [1.82, 2.24) is 9.55 Å². The zero-order valence-corrected chi connectivity index (χ0v) is 17.1. The average molecular weight is 403 g/mol. The van der Waals surface area contributed by atoms with Gasteiger partial charge in [0.1, 0.15) is 30.4 Å². The van der Waals surface area contributed by atoms with Gasteiger partial charge in [0.25, 0.3) is 0 Å². The Hall–Kier alpha value is -2.08. The van der Waals surface area contributed by atoms with E-state index in [-0.39, 0.29) is 25.1 Å². The summed E-state index contributed by atoms with van der Waals surface area (Å²) in [7, 11) is 0. The lowest BCUT2D eigenvalue weighted by Gasteiger charge is -2.18. The summed E-state index contributed by atoms with van der Waals surface area (Å²) in [5.74, 6) is 1.72. The Morgan fingerprint density at radius 3 is 2.82 bits per heavy atom. The van der Waals surface area contributed by atoms with E-state index >= 15 is 0 Å². The molecule has 150 valence electrons. The van der Waals surface area contributed by atoms with Gasteiger partial charge in [0.05, 0.1) is 17.6 Å². The number of ether oxygens (including phenoxy) is 2. The van der Waals surface area contributed by atoms with E-state index < -0.39 is 6.10 Å². The van der Waals surface area contributed by atoms with Crippen molar-refractivity contribution < 1.29 is 14.6 Å². The van der Waals surface area contributed by atoms with E-state index in [2.05, 4.69) is 17.6 Å². The molecule has 2 unspecified atom stereocenters.